The van der Waals surface area contributed by atoms with E-state index in [0.29, 0.717) is 0 Å². The lowest BCUT2D eigenvalue weighted by Gasteiger charge is -2.30. The van der Waals surface area contributed by atoms with Crippen LogP contribution in [0.15, 0.2) is 40.2 Å². The predicted molar refractivity (Wildman–Crippen MR) is 92.9 cm³/mol. The standard InChI is InChI=1S/C16H21BrN2OS/c1-11(18)16(15-8-13(17)10-21-15)19(2)9-12-4-6-14(20-3)7-5-12/h4-8,10-11,16H,9,18H2,1-3H3. The van der Waals surface area contributed by atoms with Crippen molar-refractivity contribution in [3.63, 3.8) is 0 Å². The van der Waals surface area contributed by atoms with Crippen LogP contribution < -0.4 is 10.5 Å². The molecule has 0 bridgehead atoms. The molecule has 0 aliphatic heterocycles. The molecule has 0 radical (unpaired) electrons. The molecule has 21 heavy (non-hydrogen) atoms. The smallest absolute Gasteiger partial charge is 0.118 e. The zero-order valence-electron chi connectivity index (χ0n) is 12.5. The van der Waals surface area contributed by atoms with Gasteiger partial charge in [-0.3, -0.25) is 4.90 Å². The van der Waals surface area contributed by atoms with Gasteiger partial charge in [-0.2, -0.15) is 0 Å². The van der Waals surface area contributed by atoms with Gasteiger partial charge in [0.1, 0.15) is 5.75 Å². The Morgan fingerprint density at radius 3 is 2.48 bits per heavy atom. The van der Waals surface area contributed by atoms with Gasteiger partial charge in [-0.1, -0.05) is 12.1 Å². The Morgan fingerprint density at radius 1 is 1.33 bits per heavy atom. The van der Waals surface area contributed by atoms with Gasteiger partial charge >= 0.3 is 0 Å². The van der Waals surface area contributed by atoms with Gasteiger partial charge in [0.25, 0.3) is 0 Å². The van der Waals surface area contributed by atoms with E-state index in [1.54, 1.807) is 18.4 Å². The van der Waals surface area contributed by atoms with Gasteiger partial charge in [-0.05, 0) is 53.7 Å². The van der Waals surface area contributed by atoms with E-state index in [1.165, 1.54) is 10.4 Å². The van der Waals surface area contributed by atoms with Gasteiger partial charge in [-0.25, -0.2) is 0 Å². The minimum atomic E-state index is 0.0683. The molecule has 2 aromatic rings. The zero-order chi connectivity index (χ0) is 15.4. The summed E-state index contributed by atoms with van der Waals surface area (Å²) >= 11 is 5.26. The molecule has 5 heteroatoms. The highest BCUT2D eigenvalue weighted by Crippen LogP contribution is 2.31. The maximum Gasteiger partial charge on any atom is 0.118 e. The molecule has 0 saturated carbocycles. The minimum absolute atomic E-state index is 0.0683. The van der Waals surface area contributed by atoms with Crippen molar-refractivity contribution in [1.29, 1.82) is 0 Å². The lowest BCUT2D eigenvalue weighted by Crippen LogP contribution is -2.36. The summed E-state index contributed by atoms with van der Waals surface area (Å²) in [4.78, 5) is 3.58. The topological polar surface area (TPSA) is 38.5 Å². The highest BCUT2D eigenvalue weighted by molar-refractivity contribution is 9.10. The number of rotatable bonds is 6. The van der Waals surface area contributed by atoms with Crippen LogP contribution in [0.2, 0.25) is 0 Å². The number of nitrogens with zero attached hydrogens (tertiary/aromatic N) is 1. The second-order valence-electron chi connectivity index (χ2n) is 5.23. The van der Waals surface area contributed by atoms with Crippen molar-refractivity contribution in [2.75, 3.05) is 14.2 Å². The summed E-state index contributed by atoms with van der Waals surface area (Å²) in [6, 6.07) is 10.6. The van der Waals surface area contributed by atoms with E-state index in [4.69, 9.17) is 10.5 Å². The van der Waals surface area contributed by atoms with Gasteiger partial charge in [0.2, 0.25) is 0 Å². The third-order valence-electron chi connectivity index (χ3n) is 3.44. The zero-order valence-corrected chi connectivity index (χ0v) is 14.9. The molecule has 1 heterocycles. The van der Waals surface area contributed by atoms with E-state index in [-0.39, 0.29) is 12.1 Å². The molecule has 2 N–H and O–H groups in total. The van der Waals surface area contributed by atoms with E-state index in [9.17, 15) is 0 Å². The monoisotopic (exact) mass is 368 g/mol. The number of methoxy groups -OCH3 is 1. The highest BCUT2D eigenvalue weighted by atomic mass is 79.9. The molecule has 0 amide bonds. The fourth-order valence-corrected chi connectivity index (χ4v) is 4.20. The van der Waals surface area contributed by atoms with Gasteiger partial charge in [0, 0.05) is 27.3 Å². The van der Waals surface area contributed by atoms with Gasteiger partial charge < -0.3 is 10.5 Å². The fraction of sp³-hybridized carbons (Fsp3) is 0.375. The number of thiophene rings is 1. The number of likely N-dealkylation sites (N-methyl/N-ethyl adjacent to an activating group) is 1. The lowest BCUT2D eigenvalue weighted by atomic mass is 10.1. The third kappa shape index (κ3) is 4.30. The van der Waals surface area contributed by atoms with Crippen LogP contribution in [-0.4, -0.2) is 25.1 Å². The molecule has 0 aliphatic rings. The van der Waals surface area contributed by atoms with Crippen LogP contribution in [-0.2, 0) is 6.54 Å². The molecule has 2 unspecified atom stereocenters. The van der Waals surface area contributed by atoms with Crippen LogP contribution in [0.25, 0.3) is 0 Å². The quantitative estimate of drug-likeness (QED) is 0.835. The predicted octanol–water partition coefficient (Wildman–Crippen LogP) is 4.04. The molecule has 1 aromatic carbocycles. The molecular weight excluding hydrogens is 348 g/mol. The Hall–Kier alpha value is -0.880. The molecule has 2 rings (SSSR count). The van der Waals surface area contributed by atoms with Crippen molar-refractivity contribution < 1.29 is 4.74 Å². The average Bonchev–Trinajstić information content (AvgIpc) is 2.85. The van der Waals surface area contributed by atoms with Gasteiger partial charge in [0.05, 0.1) is 13.2 Å². The molecule has 0 fully saturated rings. The number of benzene rings is 1. The van der Waals surface area contributed by atoms with E-state index in [2.05, 4.69) is 58.4 Å². The summed E-state index contributed by atoms with van der Waals surface area (Å²) in [6.45, 7) is 2.91. The Labute approximate surface area is 138 Å². The number of halogens is 1. The van der Waals surface area contributed by atoms with Crippen molar-refractivity contribution in [1.82, 2.24) is 4.90 Å². The van der Waals surface area contributed by atoms with Crippen molar-refractivity contribution in [2.45, 2.75) is 25.6 Å². The van der Waals surface area contributed by atoms with E-state index >= 15 is 0 Å². The SMILES string of the molecule is COc1ccc(CN(C)C(c2cc(Br)cs2)C(C)N)cc1. The van der Waals surface area contributed by atoms with Crippen molar-refractivity contribution in [3.05, 3.63) is 50.6 Å². The van der Waals surface area contributed by atoms with Crippen LogP contribution in [0.1, 0.15) is 23.4 Å². The maximum absolute atomic E-state index is 6.21. The first-order chi connectivity index (χ1) is 10.0. The van der Waals surface area contributed by atoms with Crippen LogP contribution in [0, 0.1) is 0 Å². The minimum Gasteiger partial charge on any atom is -0.497 e. The molecular formula is C16H21BrN2OS. The summed E-state index contributed by atoms with van der Waals surface area (Å²) in [6.07, 6.45) is 0. The first kappa shape index (κ1) is 16.5. The average molecular weight is 369 g/mol. The largest absolute Gasteiger partial charge is 0.497 e. The molecule has 0 saturated heterocycles. The van der Waals surface area contributed by atoms with Gasteiger partial charge in [-0.15, -0.1) is 11.3 Å². The first-order valence-electron chi connectivity index (χ1n) is 6.84. The van der Waals surface area contributed by atoms with E-state index in [0.717, 1.165) is 16.8 Å². The summed E-state index contributed by atoms with van der Waals surface area (Å²) in [5.41, 5.74) is 7.46. The van der Waals surface area contributed by atoms with Crippen molar-refractivity contribution in [3.8, 4) is 5.75 Å². The maximum atomic E-state index is 6.21. The third-order valence-corrected chi connectivity index (χ3v) is 5.21. The second-order valence-corrected chi connectivity index (χ2v) is 7.09. The van der Waals surface area contributed by atoms with Crippen LogP contribution in [0.3, 0.4) is 0 Å². The summed E-state index contributed by atoms with van der Waals surface area (Å²) in [7, 11) is 3.80. The molecule has 1 aromatic heterocycles. The summed E-state index contributed by atoms with van der Waals surface area (Å²) in [5, 5.41) is 2.10. The molecule has 0 spiro atoms. The van der Waals surface area contributed by atoms with Crippen molar-refractivity contribution >= 4 is 27.3 Å². The molecule has 2 atom stereocenters. The van der Waals surface area contributed by atoms with Crippen LogP contribution in [0.5, 0.6) is 5.75 Å². The van der Waals surface area contributed by atoms with E-state index in [1.807, 2.05) is 12.1 Å². The normalized spacial score (nSPS) is 14.2. The van der Waals surface area contributed by atoms with Gasteiger partial charge in [0.15, 0.2) is 0 Å². The summed E-state index contributed by atoms with van der Waals surface area (Å²) < 4.78 is 6.31. The second kappa shape index (κ2) is 7.40. The number of ether oxygens (including phenoxy) is 1. The molecule has 3 nitrogen and oxygen atoms in total. The lowest BCUT2D eigenvalue weighted by molar-refractivity contribution is 0.214. The Morgan fingerprint density at radius 2 is 2.00 bits per heavy atom. The Kier molecular flexibility index (Phi) is 5.81. The van der Waals surface area contributed by atoms with Crippen LogP contribution in [0.4, 0.5) is 0 Å². The Bertz CT molecular complexity index is 568. The first-order valence-corrected chi connectivity index (χ1v) is 8.51. The Balaban J connectivity index is 2.13. The summed E-state index contributed by atoms with van der Waals surface area (Å²) in [5.74, 6) is 0.882. The molecule has 0 aliphatic carbocycles. The number of hydrogen-bond acceptors (Lipinski definition) is 4. The van der Waals surface area contributed by atoms with E-state index < -0.39 is 0 Å². The van der Waals surface area contributed by atoms with Crippen molar-refractivity contribution in [2.24, 2.45) is 5.73 Å². The molecule has 114 valence electrons. The fourth-order valence-electron chi connectivity index (χ4n) is 2.48. The highest BCUT2D eigenvalue weighted by Gasteiger charge is 2.22. The number of hydrogen-bond donors (Lipinski definition) is 1. The van der Waals surface area contributed by atoms with Crippen LogP contribution >= 0.6 is 27.3 Å². The number of nitrogens with two attached hydrogens (primary N) is 1.